The smallest absolute Gasteiger partial charge is 0.321 e. The molecule has 2 atom stereocenters. The average Bonchev–Trinajstić information content (AvgIpc) is 3.29. The lowest BCUT2D eigenvalue weighted by Gasteiger charge is -2.14. The van der Waals surface area contributed by atoms with Crippen LogP contribution in [-0.2, 0) is 11.2 Å². The zero-order valence-corrected chi connectivity index (χ0v) is 19.6. The van der Waals surface area contributed by atoms with Gasteiger partial charge < -0.3 is 10.3 Å². The number of thiophene rings is 1. The van der Waals surface area contributed by atoms with Crippen molar-refractivity contribution >= 4 is 45.3 Å². The van der Waals surface area contributed by atoms with Gasteiger partial charge in [-0.2, -0.15) is 0 Å². The summed E-state index contributed by atoms with van der Waals surface area (Å²) in [5, 5.41) is 5.72. The van der Waals surface area contributed by atoms with Gasteiger partial charge in [0.1, 0.15) is 4.83 Å². The van der Waals surface area contributed by atoms with Gasteiger partial charge in [0, 0.05) is 10.9 Å². The number of fused-ring (bicyclic) bond motifs is 1. The lowest BCUT2D eigenvalue weighted by Crippen LogP contribution is -2.45. The van der Waals surface area contributed by atoms with E-state index in [0.29, 0.717) is 21.3 Å². The van der Waals surface area contributed by atoms with Crippen molar-refractivity contribution in [2.75, 3.05) is 0 Å². The number of hydrogen-bond acceptors (Lipinski definition) is 6. The Labute approximate surface area is 184 Å². The van der Waals surface area contributed by atoms with E-state index in [4.69, 9.17) is 0 Å². The zero-order valence-electron chi connectivity index (χ0n) is 18.0. The number of imide groups is 1. The van der Waals surface area contributed by atoms with Crippen molar-refractivity contribution in [2.24, 2.45) is 5.92 Å². The fourth-order valence-electron chi connectivity index (χ4n) is 3.68. The van der Waals surface area contributed by atoms with E-state index in [0.717, 1.165) is 60.7 Å². The first-order valence-electron chi connectivity index (χ1n) is 10.6. The number of nitrogens with zero attached hydrogens (tertiary/aromatic N) is 1. The van der Waals surface area contributed by atoms with Gasteiger partial charge in [-0.25, -0.2) is 9.78 Å². The highest BCUT2D eigenvalue weighted by atomic mass is 32.2. The summed E-state index contributed by atoms with van der Waals surface area (Å²) in [5.74, 6) is 0.0899. The van der Waals surface area contributed by atoms with Crippen LogP contribution in [0.15, 0.2) is 9.95 Å². The van der Waals surface area contributed by atoms with E-state index in [1.54, 1.807) is 6.92 Å². The number of aromatic nitrogens is 2. The molecule has 0 bridgehead atoms. The van der Waals surface area contributed by atoms with Gasteiger partial charge in [0.2, 0.25) is 5.91 Å². The molecule has 1 aliphatic rings. The highest BCUT2D eigenvalue weighted by Gasteiger charge is 2.23. The van der Waals surface area contributed by atoms with Crippen LogP contribution >= 0.6 is 23.1 Å². The molecule has 2 unspecified atom stereocenters. The third kappa shape index (κ3) is 5.43. The molecule has 0 aliphatic heterocycles. The molecule has 3 rings (SSSR count). The Bertz CT molecular complexity index is 979. The van der Waals surface area contributed by atoms with E-state index in [2.05, 4.69) is 34.4 Å². The van der Waals surface area contributed by atoms with Gasteiger partial charge in [-0.15, -0.1) is 11.3 Å². The van der Waals surface area contributed by atoms with Crippen molar-refractivity contribution in [2.45, 2.75) is 82.7 Å². The predicted molar refractivity (Wildman–Crippen MR) is 122 cm³/mol. The van der Waals surface area contributed by atoms with Crippen molar-refractivity contribution in [3.8, 4) is 0 Å². The van der Waals surface area contributed by atoms with Gasteiger partial charge in [-0.05, 0) is 44.6 Å². The molecule has 164 valence electrons. The number of H-pyrrole nitrogens is 1. The molecule has 0 aromatic carbocycles. The molecule has 3 amide bonds. The maximum atomic E-state index is 12.8. The number of aryl methyl sites for hydroxylation is 1. The fraction of sp³-hybridized carbons (Fsp3) is 0.619. The Hall–Kier alpha value is -1.87. The Balaban J connectivity index is 1.68. The van der Waals surface area contributed by atoms with Crippen molar-refractivity contribution in [3.05, 3.63) is 20.8 Å². The zero-order chi connectivity index (χ0) is 21.8. The van der Waals surface area contributed by atoms with Gasteiger partial charge in [-0.3, -0.25) is 14.9 Å². The van der Waals surface area contributed by atoms with Crippen LogP contribution in [0.4, 0.5) is 4.79 Å². The largest absolute Gasteiger partial charge is 0.335 e. The van der Waals surface area contributed by atoms with Crippen LogP contribution in [0.3, 0.4) is 0 Å². The molecule has 3 N–H and O–H groups in total. The van der Waals surface area contributed by atoms with Gasteiger partial charge in [0.25, 0.3) is 5.56 Å². The minimum absolute atomic E-state index is 0.146. The van der Waals surface area contributed by atoms with Crippen LogP contribution in [0.25, 0.3) is 10.2 Å². The highest BCUT2D eigenvalue weighted by molar-refractivity contribution is 8.00. The number of carbonyl (C=O) groups excluding carboxylic acids is 2. The molecule has 7 nitrogen and oxygen atoms in total. The van der Waals surface area contributed by atoms with Crippen molar-refractivity contribution in [3.63, 3.8) is 0 Å². The molecule has 1 fully saturated rings. The van der Waals surface area contributed by atoms with Gasteiger partial charge >= 0.3 is 6.03 Å². The standard InChI is InChI=1S/C21H30N4O3S2/c1-5-11(2)10-15-12(3)29-19-16(15)18(27)24-21(25-19)30-13(4)17(26)23-20(28)22-14-8-6-7-9-14/h11,13-14H,5-10H2,1-4H3,(H,24,25,27)(H2,22,23,26,28). The fourth-order valence-corrected chi connectivity index (χ4v) is 5.58. The molecular formula is C21H30N4O3S2. The molecule has 0 saturated heterocycles. The van der Waals surface area contributed by atoms with E-state index < -0.39 is 17.2 Å². The van der Waals surface area contributed by atoms with E-state index in [9.17, 15) is 14.4 Å². The Morgan fingerprint density at radius 1 is 1.30 bits per heavy atom. The second-order valence-corrected chi connectivity index (χ2v) is 10.6. The van der Waals surface area contributed by atoms with Crippen LogP contribution in [0.1, 0.15) is 63.3 Å². The molecule has 9 heteroatoms. The average molecular weight is 451 g/mol. The number of carbonyl (C=O) groups is 2. The van der Waals surface area contributed by atoms with E-state index >= 15 is 0 Å². The molecule has 30 heavy (non-hydrogen) atoms. The first-order chi connectivity index (χ1) is 14.3. The number of rotatable bonds is 7. The van der Waals surface area contributed by atoms with Crippen molar-refractivity contribution < 1.29 is 9.59 Å². The summed E-state index contributed by atoms with van der Waals surface area (Å²) in [4.78, 5) is 46.4. The Morgan fingerprint density at radius 3 is 2.67 bits per heavy atom. The van der Waals surface area contributed by atoms with Crippen molar-refractivity contribution in [1.29, 1.82) is 0 Å². The molecule has 0 radical (unpaired) electrons. The quantitative estimate of drug-likeness (QED) is 0.435. The molecule has 0 spiro atoms. The summed E-state index contributed by atoms with van der Waals surface area (Å²) in [6.45, 7) is 8.04. The second-order valence-electron chi connectivity index (χ2n) is 8.11. The van der Waals surface area contributed by atoms with E-state index in [1.165, 1.54) is 11.3 Å². The number of amides is 3. The first kappa shape index (κ1) is 22.8. The molecular weight excluding hydrogens is 420 g/mol. The van der Waals surface area contributed by atoms with Gasteiger partial charge in [0.05, 0.1) is 10.6 Å². The van der Waals surface area contributed by atoms with E-state index in [-0.39, 0.29) is 11.6 Å². The topological polar surface area (TPSA) is 104 Å². The number of thioether (sulfide) groups is 1. The Morgan fingerprint density at radius 2 is 2.00 bits per heavy atom. The molecule has 2 aromatic rings. The predicted octanol–water partition coefficient (Wildman–Crippen LogP) is 4.13. The van der Waals surface area contributed by atoms with Crippen LogP contribution in [0, 0.1) is 12.8 Å². The monoisotopic (exact) mass is 450 g/mol. The van der Waals surface area contributed by atoms with E-state index in [1.807, 2.05) is 6.92 Å². The summed E-state index contributed by atoms with van der Waals surface area (Å²) in [6, 6.07) is -0.312. The summed E-state index contributed by atoms with van der Waals surface area (Å²) in [6.07, 6.45) is 6.03. The van der Waals surface area contributed by atoms with Gasteiger partial charge in [-0.1, -0.05) is 44.9 Å². The summed E-state index contributed by atoms with van der Waals surface area (Å²) < 4.78 is 0. The summed E-state index contributed by atoms with van der Waals surface area (Å²) in [5.41, 5.74) is 0.903. The number of hydrogen-bond donors (Lipinski definition) is 3. The van der Waals surface area contributed by atoms with Crippen LogP contribution < -0.4 is 16.2 Å². The summed E-state index contributed by atoms with van der Waals surface area (Å²) >= 11 is 2.66. The minimum atomic E-state index is -0.569. The highest BCUT2D eigenvalue weighted by Crippen LogP contribution is 2.31. The van der Waals surface area contributed by atoms with Crippen LogP contribution in [0.5, 0.6) is 0 Å². The molecule has 2 aromatic heterocycles. The second kappa shape index (κ2) is 9.96. The molecule has 1 saturated carbocycles. The third-order valence-corrected chi connectivity index (χ3v) is 7.70. The number of urea groups is 1. The van der Waals surface area contributed by atoms with Crippen molar-refractivity contribution in [1.82, 2.24) is 20.6 Å². The first-order valence-corrected chi connectivity index (χ1v) is 12.3. The summed E-state index contributed by atoms with van der Waals surface area (Å²) in [7, 11) is 0. The van der Waals surface area contributed by atoms with Crippen LogP contribution in [0.2, 0.25) is 0 Å². The SMILES string of the molecule is CCC(C)Cc1c(C)sc2nc(SC(C)C(=O)NC(=O)NC3CCCC3)[nH]c(=O)c12. The third-order valence-electron chi connectivity index (χ3n) is 5.68. The van der Waals surface area contributed by atoms with Gasteiger partial charge in [0.15, 0.2) is 5.16 Å². The maximum absolute atomic E-state index is 12.8. The lowest BCUT2D eigenvalue weighted by atomic mass is 9.98. The van der Waals surface area contributed by atoms with Crippen LogP contribution in [-0.4, -0.2) is 33.2 Å². The molecule has 1 aliphatic carbocycles. The number of nitrogens with one attached hydrogen (secondary N) is 3. The lowest BCUT2D eigenvalue weighted by molar-refractivity contribution is -0.119. The number of aromatic amines is 1. The maximum Gasteiger partial charge on any atom is 0.321 e. The molecule has 2 heterocycles. The normalized spacial score (nSPS) is 16.5. The Kier molecular flexibility index (Phi) is 7.57. The minimum Gasteiger partial charge on any atom is -0.335 e.